The van der Waals surface area contributed by atoms with Gasteiger partial charge < -0.3 is 35.5 Å². The fraction of sp³-hybridized carbons (Fsp3) is 0.320. The summed E-state index contributed by atoms with van der Waals surface area (Å²) in [6, 6.07) is 3.36. The summed E-state index contributed by atoms with van der Waals surface area (Å²) in [5.41, 5.74) is 11.1. The maximum absolute atomic E-state index is 11.5. The minimum Gasteiger partial charge on any atom is -0.398 e. The number of H-pyrrole nitrogens is 4. The second kappa shape index (κ2) is 9.20. The van der Waals surface area contributed by atoms with E-state index in [4.69, 9.17) is 12.3 Å². The van der Waals surface area contributed by atoms with Crippen molar-refractivity contribution in [3.05, 3.63) is 87.2 Å². The van der Waals surface area contributed by atoms with Gasteiger partial charge in [-0.25, -0.2) is 4.85 Å². The van der Waals surface area contributed by atoms with Gasteiger partial charge in [0.2, 0.25) is 0 Å². The molecule has 4 aromatic rings. The average molecular weight is 503 g/mol. The summed E-state index contributed by atoms with van der Waals surface area (Å²) < 4.78 is 0. The Morgan fingerprint density at radius 2 is 1.19 bits per heavy atom. The molecule has 0 saturated carbocycles. The van der Waals surface area contributed by atoms with E-state index < -0.39 is 22.2 Å². The Hall–Kier alpha value is -4.47. The number of nitrogens with one attached hydrogen (secondary N) is 4. The number of hydrogen-bond acceptors (Lipinski definition) is 7. The van der Waals surface area contributed by atoms with Crippen molar-refractivity contribution in [2.24, 2.45) is 0 Å². The van der Waals surface area contributed by atoms with Crippen LogP contribution in [0.4, 0.5) is 11.4 Å². The summed E-state index contributed by atoms with van der Waals surface area (Å²) in [6.07, 6.45) is 1.63. The van der Waals surface area contributed by atoms with E-state index in [1.54, 1.807) is 12.1 Å². The van der Waals surface area contributed by atoms with E-state index in [0.717, 1.165) is 54.7 Å². The van der Waals surface area contributed by atoms with Crippen molar-refractivity contribution in [2.45, 2.75) is 25.9 Å². The van der Waals surface area contributed by atoms with Gasteiger partial charge in [0.15, 0.2) is 5.69 Å². The predicted octanol–water partition coefficient (Wildman–Crippen LogP) is 0.542. The molecule has 2 aromatic carbocycles. The maximum Gasteiger partial charge on any atom is 0.314 e. The van der Waals surface area contributed by atoms with Crippen molar-refractivity contribution in [3.63, 3.8) is 0 Å². The van der Waals surface area contributed by atoms with E-state index in [0.29, 0.717) is 40.0 Å². The van der Waals surface area contributed by atoms with Crippen LogP contribution in [-0.4, -0.2) is 56.9 Å². The second-order valence-corrected chi connectivity index (χ2v) is 9.52. The van der Waals surface area contributed by atoms with Crippen LogP contribution in [0.15, 0.2) is 31.3 Å². The topological polar surface area (TPSA) is 168 Å². The van der Waals surface area contributed by atoms with Gasteiger partial charge in [-0.1, -0.05) is 0 Å². The smallest absolute Gasteiger partial charge is 0.314 e. The molecule has 0 bridgehead atoms. The van der Waals surface area contributed by atoms with Gasteiger partial charge in [-0.2, -0.15) is 0 Å². The van der Waals surface area contributed by atoms with Gasteiger partial charge in [-0.15, -0.1) is 0 Å². The van der Waals surface area contributed by atoms with Gasteiger partial charge in [0.25, 0.3) is 0 Å². The maximum atomic E-state index is 11.5. The van der Waals surface area contributed by atoms with E-state index in [9.17, 15) is 19.2 Å². The van der Waals surface area contributed by atoms with Crippen LogP contribution < -0.4 is 28.0 Å². The summed E-state index contributed by atoms with van der Waals surface area (Å²) >= 11 is 0. The van der Waals surface area contributed by atoms with Crippen molar-refractivity contribution in [1.29, 1.82) is 0 Å². The average Bonchev–Trinajstić information content (AvgIpc) is 2.86. The van der Waals surface area contributed by atoms with Crippen LogP contribution in [0, 0.1) is 6.57 Å². The molecule has 4 heterocycles. The van der Waals surface area contributed by atoms with Gasteiger partial charge in [-0.3, -0.25) is 19.2 Å². The fourth-order valence-electron chi connectivity index (χ4n) is 5.07. The summed E-state index contributed by atoms with van der Waals surface area (Å²) in [5, 5.41) is 0. The van der Waals surface area contributed by atoms with Gasteiger partial charge in [0, 0.05) is 31.9 Å². The first kappa shape index (κ1) is 24.2. The predicted molar refractivity (Wildman–Crippen MR) is 141 cm³/mol. The highest BCUT2D eigenvalue weighted by molar-refractivity contribution is 5.85. The first-order chi connectivity index (χ1) is 17.7. The number of nitrogen functional groups attached to an aromatic ring is 1. The molecule has 0 amide bonds. The number of likely N-dealkylation sites (N-methyl/N-ethyl adjacent to an activating group) is 2. The first-order valence-electron chi connectivity index (χ1n) is 11.8. The zero-order chi connectivity index (χ0) is 26.4. The van der Waals surface area contributed by atoms with E-state index in [1.165, 1.54) is 0 Å². The number of nitrogens with zero attached hydrogens (tertiary/aromatic N) is 3. The highest BCUT2D eigenvalue weighted by Gasteiger charge is 2.21. The third kappa shape index (κ3) is 4.35. The zero-order valence-corrected chi connectivity index (χ0v) is 20.4. The highest BCUT2D eigenvalue weighted by Crippen LogP contribution is 2.32. The lowest BCUT2D eigenvalue weighted by atomic mass is 9.96. The number of nitrogens with two attached hydrogens (primary N) is 1. The first-order valence-corrected chi connectivity index (χ1v) is 11.8. The van der Waals surface area contributed by atoms with Crippen molar-refractivity contribution < 1.29 is 0 Å². The molecule has 0 saturated heterocycles. The monoisotopic (exact) mass is 502 g/mol. The minimum atomic E-state index is -0.687. The minimum absolute atomic E-state index is 0.518. The normalized spacial score (nSPS) is 15.5. The van der Waals surface area contributed by atoms with Crippen LogP contribution in [0.2, 0.25) is 0 Å². The molecule has 0 atom stereocenters. The quantitative estimate of drug-likeness (QED) is 0.133. The molecule has 190 valence electrons. The van der Waals surface area contributed by atoms with E-state index in [2.05, 4.69) is 34.6 Å². The number of rotatable bonds is 0. The Morgan fingerprint density at radius 3 is 1.73 bits per heavy atom. The van der Waals surface area contributed by atoms with Gasteiger partial charge in [0.05, 0.1) is 28.6 Å². The van der Waals surface area contributed by atoms with Gasteiger partial charge in [0.1, 0.15) is 0 Å². The van der Waals surface area contributed by atoms with Gasteiger partial charge in [-0.05, 0) is 61.3 Å². The number of anilines is 1. The number of aromatic nitrogens is 4. The molecule has 2 aromatic heterocycles. The SMILES string of the molecule is CN1CCc2c(N)cc3[nH]c(=O)c(=O)[nH]c3c2C1.[C-]#[N+]c1cc2[nH]c(=O)c(=O)[nH]c2c2c1CCN(C)C2. The van der Waals surface area contributed by atoms with Crippen molar-refractivity contribution in [1.82, 2.24) is 29.7 Å². The molecular formula is C25H26N8O4. The third-order valence-corrected chi connectivity index (χ3v) is 6.96. The lowest BCUT2D eigenvalue weighted by Gasteiger charge is -2.26. The summed E-state index contributed by atoms with van der Waals surface area (Å²) in [5.74, 6) is 0. The van der Waals surface area contributed by atoms with E-state index in [-0.39, 0.29) is 0 Å². The van der Waals surface area contributed by atoms with Gasteiger partial charge >= 0.3 is 22.2 Å². The summed E-state index contributed by atoms with van der Waals surface area (Å²) in [4.78, 5) is 63.8. The number of hydrogen-bond donors (Lipinski definition) is 5. The summed E-state index contributed by atoms with van der Waals surface area (Å²) in [7, 11) is 4.00. The van der Waals surface area contributed by atoms with Crippen LogP contribution >= 0.6 is 0 Å². The number of benzene rings is 2. The van der Waals surface area contributed by atoms with Crippen LogP contribution in [0.25, 0.3) is 26.9 Å². The highest BCUT2D eigenvalue weighted by atomic mass is 16.2. The Bertz CT molecular complexity index is 1840. The Balaban J connectivity index is 0.000000152. The lowest BCUT2D eigenvalue weighted by Crippen LogP contribution is -2.32. The molecule has 0 radical (unpaired) electrons. The molecule has 6 N–H and O–H groups in total. The van der Waals surface area contributed by atoms with Crippen molar-refractivity contribution in [2.75, 3.05) is 32.9 Å². The number of fused-ring (bicyclic) bond motifs is 6. The molecule has 12 nitrogen and oxygen atoms in total. The largest absolute Gasteiger partial charge is 0.398 e. The van der Waals surface area contributed by atoms with E-state index >= 15 is 0 Å². The Morgan fingerprint density at radius 1 is 0.730 bits per heavy atom. The molecule has 37 heavy (non-hydrogen) atoms. The van der Waals surface area contributed by atoms with E-state index in [1.807, 2.05) is 14.1 Å². The standard InChI is InChI=1S/C13H12N4O2.C12H14N4O2/c1-14-9-5-10-11(16-13(19)12(18)15-10)8-6-17(2)4-3-7(8)9;1-16-3-2-6-7(5-16)10-9(4-8(6)13)14-11(17)12(18)15-10/h5H,3-4,6H2,2H3,(H,15,18)(H,16,19);4H,2-3,5,13H2,1H3,(H,14,17)(H,15,18). The van der Waals surface area contributed by atoms with Crippen LogP contribution in [0.1, 0.15) is 22.3 Å². The molecule has 2 aliphatic heterocycles. The molecule has 0 spiro atoms. The molecule has 0 fully saturated rings. The lowest BCUT2D eigenvalue weighted by molar-refractivity contribution is 0.314. The molecule has 12 heteroatoms. The van der Waals surface area contributed by atoms with Crippen molar-refractivity contribution in [3.8, 4) is 0 Å². The molecular weight excluding hydrogens is 476 g/mol. The van der Waals surface area contributed by atoms with Crippen LogP contribution in [0.5, 0.6) is 0 Å². The molecule has 6 rings (SSSR count). The molecule has 0 unspecified atom stereocenters. The van der Waals surface area contributed by atoms with Crippen LogP contribution in [-0.2, 0) is 25.9 Å². The third-order valence-electron chi connectivity index (χ3n) is 6.96. The van der Waals surface area contributed by atoms with Crippen LogP contribution in [0.3, 0.4) is 0 Å². The molecule has 2 aliphatic rings. The molecule has 0 aliphatic carbocycles. The number of aromatic amines is 4. The summed E-state index contributed by atoms with van der Waals surface area (Å²) in [6.45, 7) is 10.5. The van der Waals surface area contributed by atoms with Crippen molar-refractivity contribution >= 4 is 33.4 Å². The zero-order valence-electron chi connectivity index (χ0n) is 20.4. The Labute approximate surface area is 209 Å². The second-order valence-electron chi connectivity index (χ2n) is 9.52. The fourth-order valence-corrected chi connectivity index (χ4v) is 5.07. The Kier molecular flexibility index (Phi) is 6.02.